The molecule has 0 amide bonds. The second kappa shape index (κ2) is 8.67. The lowest BCUT2D eigenvalue weighted by atomic mass is 9.84. The molecule has 0 aliphatic heterocycles. The Morgan fingerprint density at radius 2 is 1.17 bits per heavy atom. The molecule has 1 rings (SSSR count). The van der Waals surface area contributed by atoms with Crippen LogP contribution in [0, 0.1) is 10.8 Å². The fourth-order valence-corrected chi connectivity index (χ4v) is 1.37. The maximum Gasteiger partial charge on any atom is 0.159 e. The molecule has 0 bridgehead atoms. The fraction of sp³-hybridized carbons (Fsp3) is 0.409. The van der Waals surface area contributed by atoms with Gasteiger partial charge in [-0.25, -0.2) is 0 Å². The van der Waals surface area contributed by atoms with Gasteiger partial charge in [0, 0.05) is 5.56 Å². The van der Waals surface area contributed by atoms with Crippen LogP contribution in [0.3, 0.4) is 0 Å². The number of rotatable bonds is 3. The Morgan fingerprint density at radius 3 is 1.39 bits per heavy atom. The maximum atomic E-state index is 10.6. The summed E-state index contributed by atoms with van der Waals surface area (Å²) in [5.74, 6) is 0.121. The quantitative estimate of drug-likeness (QED) is 0.452. The zero-order chi connectivity index (χ0) is 18.3. The van der Waals surface area contributed by atoms with Crippen molar-refractivity contribution < 1.29 is 4.79 Å². The highest BCUT2D eigenvalue weighted by atomic mass is 16.1. The molecule has 23 heavy (non-hydrogen) atoms. The van der Waals surface area contributed by atoms with Crippen LogP contribution in [0.25, 0.3) is 0 Å². The van der Waals surface area contributed by atoms with Gasteiger partial charge in [0.25, 0.3) is 0 Å². The van der Waals surface area contributed by atoms with Gasteiger partial charge in [-0.1, -0.05) is 97.2 Å². The summed E-state index contributed by atoms with van der Waals surface area (Å²) in [6.07, 6.45) is 4.15. The first kappa shape index (κ1) is 21.1. The lowest BCUT2D eigenvalue weighted by molar-refractivity contribution is 0.101. The zero-order valence-corrected chi connectivity index (χ0v) is 15.9. The normalized spacial score (nSPS) is 11.6. The van der Waals surface area contributed by atoms with Gasteiger partial charge < -0.3 is 0 Å². The van der Waals surface area contributed by atoms with E-state index in [-0.39, 0.29) is 16.6 Å². The van der Waals surface area contributed by atoms with Gasteiger partial charge in [-0.05, 0) is 28.9 Å². The van der Waals surface area contributed by atoms with Crippen LogP contribution in [0.5, 0.6) is 0 Å². The molecule has 0 aromatic heterocycles. The Bertz CT molecular complexity index is 532. The van der Waals surface area contributed by atoms with Crippen molar-refractivity contribution in [2.75, 3.05) is 0 Å². The molecule has 126 valence electrons. The highest BCUT2D eigenvalue weighted by Crippen LogP contribution is 2.28. The standard InChI is InChI=1S/C14H24.C8H8O/c1-11(13(3,4)5)9-10-12(2)14(6,7)8;1-7(9)8-5-3-2-4-6-8/h9-10H,1-2H2,3-8H3;2-6H,1H3/b10-9-;. The molecule has 0 N–H and O–H groups in total. The van der Waals surface area contributed by atoms with Gasteiger partial charge in [0.2, 0.25) is 0 Å². The summed E-state index contributed by atoms with van der Waals surface area (Å²) in [5.41, 5.74) is 3.35. The van der Waals surface area contributed by atoms with E-state index in [0.717, 1.165) is 16.7 Å². The predicted molar refractivity (Wildman–Crippen MR) is 103 cm³/mol. The largest absolute Gasteiger partial charge is 0.295 e. The first-order chi connectivity index (χ1) is 10.4. The minimum absolute atomic E-state index is 0.121. The molecule has 0 atom stereocenters. The Balaban J connectivity index is 0.000000459. The fourth-order valence-electron chi connectivity index (χ4n) is 1.37. The Morgan fingerprint density at radius 1 is 0.826 bits per heavy atom. The molecule has 0 unspecified atom stereocenters. The third-order valence-corrected chi connectivity index (χ3v) is 3.59. The van der Waals surface area contributed by atoms with Crippen molar-refractivity contribution in [1.29, 1.82) is 0 Å². The lowest BCUT2D eigenvalue weighted by Crippen LogP contribution is -2.08. The Hall–Kier alpha value is -1.89. The molecule has 1 nitrogen and oxygen atoms in total. The van der Waals surface area contributed by atoms with Gasteiger partial charge in [0.1, 0.15) is 0 Å². The van der Waals surface area contributed by atoms with E-state index in [9.17, 15) is 4.79 Å². The topological polar surface area (TPSA) is 17.1 Å². The van der Waals surface area contributed by atoms with E-state index in [2.05, 4.69) is 66.9 Å². The van der Waals surface area contributed by atoms with Crippen LogP contribution in [-0.2, 0) is 0 Å². The number of carbonyl (C=O) groups excluding carboxylic acids is 1. The van der Waals surface area contributed by atoms with E-state index in [4.69, 9.17) is 0 Å². The van der Waals surface area contributed by atoms with E-state index in [0.29, 0.717) is 0 Å². The van der Waals surface area contributed by atoms with E-state index < -0.39 is 0 Å². The number of benzene rings is 1. The molecule has 0 saturated carbocycles. The van der Waals surface area contributed by atoms with Gasteiger partial charge in [-0.2, -0.15) is 0 Å². The van der Waals surface area contributed by atoms with Crippen LogP contribution >= 0.6 is 0 Å². The van der Waals surface area contributed by atoms with Crippen molar-refractivity contribution in [2.24, 2.45) is 10.8 Å². The van der Waals surface area contributed by atoms with Gasteiger partial charge in [-0.15, -0.1) is 0 Å². The summed E-state index contributed by atoms with van der Waals surface area (Å²) in [4.78, 5) is 10.6. The monoisotopic (exact) mass is 312 g/mol. The molecule has 0 spiro atoms. The molecular weight excluding hydrogens is 280 g/mol. The molecule has 0 radical (unpaired) electrons. The van der Waals surface area contributed by atoms with E-state index >= 15 is 0 Å². The van der Waals surface area contributed by atoms with E-state index in [1.54, 1.807) is 6.92 Å². The summed E-state index contributed by atoms with van der Waals surface area (Å²) in [7, 11) is 0. The highest BCUT2D eigenvalue weighted by Gasteiger charge is 2.14. The average Bonchev–Trinajstić information content (AvgIpc) is 2.43. The Kier molecular flexibility index (Phi) is 7.95. The van der Waals surface area contributed by atoms with Crippen molar-refractivity contribution in [3.8, 4) is 0 Å². The minimum Gasteiger partial charge on any atom is -0.295 e. The summed E-state index contributed by atoms with van der Waals surface area (Å²) in [6, 6.07) is 9.23. The molecule has 0 aliphatic rings. The SMILES string of the molecule is C=C(/C=C\C(=C)C(C)(C)C)C(C)(C)C.CC(=O)c1ccccc1. The van der Waals surface area contributed by atoms with Gasteiger partial charge in [0.05, 0.1) is 0 Å². The third kappa shape index (κ3) is 8.97. The molecular formula is C22H32O. The molecule has 0 saturated heterocycles. The summed E-state index contributed by atoms with van der Waals surface area (Å²) in [5, 5.41) is 0. The van der Waals surface area contributed by atoms with E-state index in [1.165, 1.54) is 0 Å². The van der Waals surface area contributed by atoms with Crippen molar-refractivity contribution in [3.63, 3.8) is 0 Å². The smallest absolute Gasteiger partial charge is 0.159 e. The number of hydrogen-bond acceptors (Lipinski definition) is 1. The van der Waals surface area contributed by atoms with Gasteiger partial charge >= 0.3 is 0 Å². The van der Waals surface area contributed by atoms with Crippen LogP contribution in [-0.4, -0.2) is 5.78 Å². The van der Waals surface area contributed by atoms with Gasteiger partial charge in [0.15, 0.2) is 5.78 Å². The molecule has 0 fully saturated rings. The van der Waals surface area contributed by atoms with Crippen LogP contribution in [0.1, 0.15) is 58.8 Å². The number of hydrogen-bond donors (Lipinski definition) is 0. The molecule has 1 heteroatoms. The number of Topliss-reactive ketones (excluding diaryl/α,β-unsaturated/α-hetero) is 1. The summed E-state index contributed by atoms with van der Waals surface area (Å²) >= 11 is 0. The number of carbonyl (C=O) groups is 1. The lowest BCUT2D eigenvalue weighted by Gasteiger charge is -2.21. The molecule has 1 aromatic carbocycles. The summed E-state index contributed by atoms with van der Waals surface area (Å²) in [6.45, 7) is 22.7. The van der Waals surface area contributed by atoms with Crippen molar-refractivity contribution in [3.05, 3.63) is 72.4 Å². The maximum absolute atomic E-state index is 10.6. The molecule has 0 aliphatic carbocycles. The highest BCUT2D eigenvalue weighted by molar-refractivity contribution is 5.93. The third-order valence-electron chi connectivity index (χ3n) is 3.59. The first-order valence-corrected chi connectivity index (χ1v) is 7.98. The van der Waals surface area contributed by atoms with Gasteiger partial charge in [-0.3, -0.25) is 4.79 Å². The number of allylic oxidation sites excluding steroid dienone is 4. The van der Waals surface area contributed by atoms with Crippen molar-refractivity contribution in [1.82, 2.24) is 0 Å². The van der Waals surface area contributed by atoms with Crippen molar-refractivity contribution >= 4 is 5.78 Å². The van der Waals surface area contributed by atoms with Crippen molar-refractivity contribution in [2.45, 2.75) is 48.5 Å². The second-order valence-electron chi connectivity index (χ2n) is 7.81. The van der Waals surface area contributed by atoms with Crippen LogP contribution in [0.4, 0.5) is 0 Å². The minimum atomic E-state index is 0.121. The molecule has 0 heterocycles. The van der Waals surface area contributed by atoms with Crippen LogP contribution < -0.4 is 0 Å². The first-order valence-electron chi connectivity index (χ1n) is 7.98. The second-order valence-corrected chi connectivity index (χ2v) is 7.81. The number of ketones is 1. The average molecular weight is 312 g/mol. The summed E-state index contributed by atoms with van der Waals surface area (Å²) < 4.78 is 0. The Labute approximate surface area is 142 Å². The van der Waals surface area contributed by atoms with Crippen LogP contribution in [0.15, 0.2) is 66.8 Å². The predicted octanol–water partition coefficient (Wildman–Crippen LogP) is 6.64. The molecule has 1 aromatic rings. The van der Waals surface area contributed by atoms with Crippen LogP contribution in [0.2, 0.25) is 0 Å². The van der Waals surface area contributed by atoms with E-state index in [1.807, 2.05) is 30.3 Å². The zero-order valence-electron chi connectivity index (χ0n) is 15.9.